The highest BCUT2D eigenvalue weighted by Gasteiger charge is 2.37. The molecule has 0 bridgehead atoms. The van der Waals surface area contributed by atoms with E-state index in [0.29, 0.717) is 22.8 Å². The lowest BCUT2D eigenvalue weighted by Gasteiger charge is -2.28. The minimum absolute atomic E-state index is 0.111. The molecule has 1 fully saturated rings. The molecule has 4 rings (SSSR count). The fraction of sp³-hybridized carbons (Fsp3) is 0.258. The number of para-hydroxylation sites is 1. The fourth-order valence-electron chi connectivity index (χ4n) is 5.22. The quantitative estimate of drug-likeness (QED) is 0.242. The molecular weight excluding hydrogens is 494 g/mol. The van der Waals surface area contributed by atoms with Gasteiger partial charge in [-0.15, -0.1) is 0 Å². The Labute approximate surface area is 228 Å². The van der Waals surface area contributed by atoms with Crippen molar-refractivity contribution < 1.29 is 24.2 Å². The molecule has 39 heavy (non-hydrogen) atoms. The van der Waals surface area contributed by atoms with E-state index in [9.17, 15) is 19.5 Å². The molecule has 0 aromatic heterocycles. The number of anilines is 3. The zero-order valence-electron chi connectivity index (χ0n) is 22.0. The van der Waals surface area contributed by atoms with Crippen LogP contribution >= 0.6 is 0 Å². The number of hydrogen-bond acceptors (Lipinski definition) is 4. The number of rotatable bonds is 10. The van der Waals surface area contributed by atoms with Crippen molar-refractivity contribution in [1.82, 2.24) is 0 Å². The van der Waals surface area contributed by atoms with Crippen molar-refractivity contribution in [3.8, 4) is 5.75 Å². The number of aliphatic carboxylic acids is 1. The van der Waals surface area contributed by atoms with Crippen LogP contribution in [-0.2, 0) is 21.4 Å². The lowest BCUT2D eigenvalue weighted by Crippen LogP contribution is -2.26. The fourth-order valence-corrected chi connectivity index (χ4v) is 5.22. The first-order valence-electron chi connectivity index (χ1n) is 12.9. The maximum atomic E-state index is 12.7. The number of carboxylic acid groups (broad SMARTS) is 1. The molecular formula is C31H33N3O5. The smallest absolute Gasteiger partial charge is 0.323 e. The third-order valence-corrected chi connectivity index (χ3v) is 7.14. The van der Waals surface area contributed by atoms with Gasteiger partial charge in [-0.1, -0.05) is 61.9 Å². The molecule has 202 valence electrons. The first kappa shape index (κ1) is 27.4. The number of carbonyl (C=O) groups excluding carboxylic acids is 2. The molecule has 3 amide bonds. The van der Waals surface area contributed by atoms with Gasteiger partial charge in [0, 0.05) is 16.8 Å². The van der Waals surface area contributed by atoms with Gasteiger partial charge in [-0.2, -0.15) is 0 Å². The minimum atomic E-state index is -0.787. The monoisotopic (exact) mass is 527 g/mol. The Kier molecular flexibility index (Phi) is 8.66. The average molecular weight is 528 g/mol. The maximum absolute atomic E-state index is 12.7. The van der Waals surface area contributed by atoms with Gasteiger partial charge < -0.3 is 25.8 Å². The van der Waals surface area contributed by atoms with Gasteiger partial charge in [-0.05, 0) is 59.9 Å². The molecule has 1 aliphatic rings. The summed E-state index contributed by atoms with van der Waals surface area (Å²) in [5.41, 5.74) is 3.94. The highest BCUT2D eigenvalue weighted by Crippen LogP contribution is 2.44. The molecule has 0 atom stereocenters. The molecule has 1 saturated carbocycles. The normalized spacial score (nSPS) is 13.8. The van der Waals surface area contributed by atoms with E-state index >= 15 is 0 Å². The minimum Gasteiger partial charge on any atom is -0.495 e. The molecule has 1 aliphatic carbocycles. The number of methoxy groups -OCH3 is 1. The summed E-state index contributed by atoms with van der Waals surface area (Å²) in [4.78, 5) is 36.7. The van der Waals surface area contributed by atoms with Gasteiger partial charge in [0.25, 0.3) is 0 Å². The average Bonchev–Trinajstić information content (AvgIpc) is 3.39. The van der Waals surface area contributed by atoms with Crippen LogP contribution in [0.1, 0.15) is 48.8 Å². The Morgan fingerprint density at radius 3 is 2.31 bits per heavy atom. The van der Waals surface area contributed by atoms with E-state index in [1.807, 2.05) is 42.5 Å². The number of benzene rings is 3. The van der Waals surface area contributed by atoms with Gasteiger partial charge in [0.05, 0.1) is 25.6 Å². The van der Waals surface area contributed by atoms with Crippen molar-refractivity contribution in [3.63, 3.8) is 0 Å². The third-order valence-electron chi connectivity index (χ3n) is 7.14. The highest BCUT2D eigenvalue weighted by atomic mass is 16.5. The van der Waals surface area contributed by atoms with Crippen LogP contribution in [0.15, 0.2) is 73.3 Å². The predicted octanol–water partition coefficient (Wildman–Crippen LogP) is 6.45. The molecule has 0 spiro atoms. The van der Waals surface area contributed by atoms with E-state index in [2.05, 4.69) is 22.5 Å². The summed E-state index contributed by atoms with van der Waals surface area (Å²) >= 11 is 0. The van der Waals surface area contributed by atoms with Crippen molar-refractivity contribution in [2.24, 2.45) is 0 Å². The largest absolute Gasteiger partial charge is 0.495 e. The molecule has 8 heteroatoms. The van der Waals surface area contributed by atoms with E-state index in [-0.39, 0.29) is 24.2 Å². The van der Waals surface area contributed by atoms with Crippen LogP contribution in [-0.4, -0.2) is 30.1 Å². The molecule has 0 saturated heterocycles. The summed E-state index contributed by atoms with van der Waals surface area (Å²) in [7, 11) is 1.50. The lowest BCUT2D eigenvalue weighted by molar-refractivity contribution is -0.138. The maximum Gasteiger partial charge on any atom is 0.323 e. The summed E-state index contributed by atoms with van der Waals surface area (Å²) in [5, 5.41) is 17.9. The predicted molar refractivity (Wildman–Crippen MR) is 153 cm³/mol. The number of nitrogens with one attached hydrogen (secondary N) is 3. The second-order valence-electron chi connectivity index (χ2n) is 9.77. The van der Waals surface area contributed by atoms with E-state index < -0.39 is 12.0 Å². The Bertz CT molecular complexity index is 1360. The summed E-state index contributed by atoms with van der Waals surface area (Å²) < 4.78 is 5.45. The van der Waals surface area contributed by atoms with Gasteiger partial charge in [-0.3, -0.25) is 9.59 Å². The first-order valence-corrected chi connectivity index (χ1v) is 12.9. The summed E-state index contributed by atoms with van der Waals surface area (Å²) in [6, 6.07) is 19.5. The van der Waals surface area contributed by atoms with Crippen molar-refractivity contribution in [3.05, 3.63) is 90.0 Å². The van der Waals surface area contributed by atoms with Gasteiger partial charge in [0.2, 0.25) is 5.91 Å². The lowest BCUT2D eigenvalue weighted by atomic mass is 9.76. The van der Waals surface area contributed by atoms with Crippen molar-refractivity contribution in [2.45, 2.75) is 43.9 Å². The number of carbonyl (C=O) groups is 3. The SMILES string of the molecule is C=Cc1ccccc1NC(=O)Nc1ccc(CC(=O)Nc2ccc(C3(CC(=O)O)CCCC3)cc2)cc1OC. The van der Waals surface area contributed by atoms with Crippen LogP contribution in [0.3, 0.4) is 0 Å². The van der Waals surface area contributed by atoms with Crippen molar-refractivity contribution in [1.29, 1.82) is 0 Å². The van der Waals surface area contributed by atoms with Crippen LogP contribution in [0.5, 0.6) is 5.75 Å². The van der Waals surface area contributed by atoms with Crippen LogP contribution in [0.4, 0.5) is 21.9 Å². The molecule has 4 N–H and O–H groups in total. The molecule has 0 radical (unpaired) electrons. The Morgan fingerprint density at radius 1 is 0.949 bits per heavy atom. The zero-order valence-corrected chi connectivity index (χ0v) is 22.0. The van der Waals surface area contributed by atoms with Crippen molar-refractivity contribution in [2.75, 3.05) is 23.1 Å². The standard InChI is InChI=1S/C31H33N3O5/c1-3-22-8-4-5-9-25(22)33-30(38)34-26-15-10-21(18-27(26)39-2)19-28(35)32-24-13-11-23(12-14-24)31(20-29(36)37)16-6-7-17-31/h3-5,8-15,18H,1,6-7,16-17,19-20H2,2H3,(H,32,35)(H,36,37)(H2,33,34,38). The molecule has 0 aliphatic heterocycles. The number of carboxylic acids is 1. The third kappa shape index (κ3) is 6.84. The van der Waals surface area contributed by atoms with Crippen LogP contribution in [0.25, 0.3) is 6.08 Å². The van der Waals surface area contributed by atoms with E-state index in [1.54, 1.807) is 30.3 Å². The first-order chi connectivity index (χ1) is 18.8. The number of urea groups is 1. The van der Waals surface area contributed by atoms with Crippen LogP contribution in [0.2, 0.25) is 0 Å². The summed E-state index contributed by atoms with van der Waals surface area (Å²) in [6.45, 7) is 3.76. The number of ether oxygens (including phenoxy) is 1. The summed E-state index contributed by atoms with van der Waals surface area (Å²) in [5.74, 6) is -0.563. The highest BCUT2D eigenvalue weighted by molar-refractivity contribution is 6.02. The van der Waals surface area contributed by atoms with Gasteiger partial charge >= 0.3 is 12.0 Å². The van der Waals surface area contributed by atoms with Crippen LogP contribution in [0, 0.1) is 0 Å². The van der Waals surface area contributed by atoms with E-state index in [1.165, 1.54) is 7.11 Å². The molecule has 3 aromatic rings. The summed E-state index contributed by atoms with van der Waals surface area (Å²) in [6.07, 6.45) is 5.67. The Hall–Kier alpha value is -4.59. The van der Waals surface area contributed by atoms with Gasteiger partial charge in [-0.25, -0.2) is 4.79 Å². The number of amides is 3. The second kappa shape index (κ2) is 12.3. The van der Waals surface area contributed by atoms with E-state index in [0.717, 1.165) is 42.4 Å². The topological polar surface area (TPSA) is 117 Å². The number of hydrogen-bond donors (Lipinski definition) is 4. The van der Waals surface area contributed by atoms with Crippen LogP contribution < -0.4 is 20.7 Å². The molecule has 8 nitrogen and oxygen atoms in total. The second-order valence-corrected chi connectivity index (χ2v) is 9.77. The zero-order chi connectivity index (χ0) is 27.8. The molecule has 0 unspecified atom stereocenters. The molecule has 0 heterocycles. The van der Waals surface area contributed by atoms with Gasteiger partial charge in [0.15, 0.2) is 0 Å². The van der Waals surface area contributed by atoms with Gasteiger partial charge in [0.1, 0.15) is 5.75 Å². The van der Waals surface area contributed by atoms with Crippen molar-refractivity contribution >= 4 is 41.0 Å². The molecule has 3 aromatic carbocycles. The van der Waals surface area contributed by atoms with E-state index in [4.69, 9.17) is 4.74 Å². The Balaban J connectivity index is 1.37. The Morgan fingerprint density at radius 2 is 1.64 bits per heavy atom.